The van der Waals surface area contributed by atoms with Crippen LogP contribution in [-0.2, 0) is 0 Å². The quantitative estimate of drug-likeness (QED) is 0.583. The Kier molecular flexibility index (Phi) is 5.75. The summed E-state index contributed by atoms with van der Waals surface area (Å²) in [6.07, 6.45) is 0. The van der Waals surface area contributed by atoms with E-state index in [1.807, 2.05) is 13.8 Å². The molecule has 1 unspecified atom stereocenters. The molecule has 0 spiro atoms. The van der Waals surface area contributed by atoms with Crippen LogP contribution in [0.25, 0.3) is 5.69 Å². The van der Waals surface area contributed by atoms with Crippen LogP contribution >= 0.6 is 0 Å². The van der Waals surface area contributed by atoms with Gasteiger partial charge in [-0.05, 0) is 25.8 Å². The van der Waals surface area contributed by atoms with Gasteiger partial charge in [-0.15, -0.1) is 0 Å². The van der Waals surface area contributed by atoms with Crippen molar-refractivity contribution in [1.29, 1.82) is 0 Å². The van der Waals surface area contributed by atoms with Crippen molar-refractivity contribution in [2.24, 2.45) is 11.7 Å². The summed E-state index contributed by atoms with van der Waals surface area (Å²) >= 11 is 0. The lowest BCUT2D eigenvalue weighted by atomic mass is 9.88. The van der Waals surface area contributed by atoms with E-state index in [1.54, 1.807) is 19.9 Å². The van der Waals surface area contributed by atoms with Gasteiger partial charge in [-0.3, -0.25) is 19.7 Å². The van der Waals surface area contributed by atoms with Gasteiger partial charge in [0.25, 0.3) is 11.6 Å². The minimum absolute atomic E-state index is 0.0225. The number of hydrogen-bond acceptors (Lipinski definition) is 6. The first-order chi connectivity index (χ1) is 12.6. The number of amides is 1. The van der Waals surface area contributed by atoms with Crippen LogP contribution in [0.5, 0.6) is 0 Å². The Morgan fingerprint density at radius 3 is 2.59 bits per heavy atom. The van der Waals surface area contributed by atoms with Gasteiger partial charge in [0, 0.05) is 24.4 Å². The largest absolute Gasteiger partial charge is 0.344 e. The van der Waals surface area contributed by atoms with Crippen molar-refractivity contribution >= 4 is 11.6 Å². The molecule has 0 bridgehead atoms. The molecule has 1 aromatic heterocycles. The third kappa shape index (κ3) is 4.03. The van der Waals surface area contributed by atoms with Crippen molar-refractivity contribution in [2.45, 2.75) is 33.2 Å². The monoisotopic (exact) mass is 373 g/mol. The zero-order valence-corrected chi connectivity index (χ0v) is 15.7. The molecule has 1 atom stereocenters. The zero-order valence-electron chi connectivity index (χ0n) is 15.7. The summed E-state index contributed by atoms with van der Waals surface area (Å²) in [5.41, 5.74) is 4.49. The molecule has 0 saturated carbocycles. The van der Waals surface area contributed by atoms with Crippen LogP contribution in [0.1, 0.15) is 37.0 Å². The van der Waals surface area contributed by atoms with E-state index in [4.69, 9.17) is 5.73 Å². The Morgan fingerprint density at radius 1 is 1.41 bits per heavy atom. The average Bonchev–Trinajstić information content (AvgIpc) is 2.61. The van der Waals surface area contributed by atoms with Gasteiger partial charge < -0.3 is 11.1 Å². The average molecular weight is 373 g/mol. The van der Waals surface area contributed by atoms with Crippen LogP contribution < -0.4 is 16.5 Å². The number of hydrogen-bond donors (Lipinski definition) is 2. The van der Waals surface area contributed by atoms with Gasteiger partial charge in [0.15, 0.2) is 5.69 Å². The Morgan fingerprint density at radius 2 is 2.04 bits per heavy atom. The predicted molar refractivity (Wildman–Crippen MR) is 101 cm³/mol. The summed E-state index contributed by atoms with van der Waals surface area (Å²) in [5.74, 6) is -0.650. The summed E-state index contributed by atoms with van der Waals surface area (Å²) in [6.45, 7) is 7.36. The fourth-order valence-corrected chi connectivity index (χ4v) is 2.50. The molecule has 2 rings (SSSR count). The smallest absolute Gasteiger partial charge is 0.294 e. The fourth-order valence-electron chi connectivity index (χ4n) is 2.50. The van der Waals surface area contributed by atoms with Crippen LogP contribution in [0.3, 0.4) is 0 Å². The van der Waals surface area contributed by atoms with E-state index in [2.05, 4.69) is 10.4 Å². The molecule has 0 radical (unpaired) electrons. The van der Waals surface area contributed by atoms with Crippen molar-refractivity contribution in [1.82, 2.24) is 15.1 Å². The molecule has 0 fully saturated rings. The number of nitro groups is 1. The number of nitrogens with one attached hydrogen (secondary N) is 1. The molecule has 1 heterocycles. The second-order valence-electron chi connectivity index (χ2n) is 6.89. The van der Waals surface area contributed by atoms with Gasteiger partial charge in [0.05, 0.1) is 10.5 Å². The molecular formula is C18H23N5O4. The maximum absolute atomic E-state index is 12.7. The number of nitrogens with two attached hydrogens (primary N) is 1. The van der Waals surface area contributed by atoms with E-state index in [9.17, 15) is 19.7 Å². The number of carbonyl (C=O) groups is 1. The zero-order chi connectivity index (χ0) is 20.4. The molecule has 0 saturated heterocycles. The van der Waals surface area contributed by atoms with Gasteiger partial charge in [0.1, 0.15) is 5.69 Å². The van der Waals surface area contributed by atoms with Crippen molar-refractivity contribution in [2.75, 3.05) is 6.54 Å². The van der Waals surface area contributed by atoms with E-state index >= 15 is 0 Å². The lowest BCUT2D eigenvalue weighted by molar-refractivity contribution is -0.384. The highest BCUT2D eigenvalue weighted by molar-refractivity contribution is 5.92. The van der Waals surface area contributed by atoms with E-state index in [1.165, 1.54) is 28.9 Å². The standard InChI is InChI=1S/C18H23N5O4/c1-11(2)18(4,10-19)20-17(25)16-15(24)9-12(3)22(21-16)13-7-5-6-8-14(13)23(26)27/h5-9,11H,10,19H2,1-4H3,(H,20,25). The molecule has 2 aromatic rings. The molecule has 0 aliphatic rings. The summed E-state index contributed by atoms with van der Waals surface area (Å²) in [4.78, 5) is 35.8. The molecule has 9 nitrogen and oxygen atoms in total. The van der Waals surface area contributed by atoms with E-state index in [0.29, 0.717) is 5.69 Å². The minimum Gasteiger partial charge on any atom is -0.344 e. The van der Waals surface area contributed by atoms with E-state index in [-0.39, 0.29) is 29.5 Å². The van der Waals surface area contributed by atoms with Crippen LogP contribution in [-0.4, -0.2) is 32.7 Å². The SMILES string of the molecule is Cc1cc(=O)c(C(=O)NC(C)(CN)C(C)C)nn1-c1ccccc1[N+](=O)[O-]. The van der Waals surface area contributed by atoms with Crippen molar-refractivity contribution < 1.29 is 9.72 Å². The summed E-state index contributed by atoms with van der Waals surface area (Å²) in [5, 5.41) is 18.2. The topological polar surface area (TPSA) is 133 Å². The number of para-hydroxylation sites is 2. The molecule has 9 heteroatoms. The molecule has 144 valence electrons. The first kappa shape index (κ1) is 20.2. The molecule has 3 N–H and O–H groups in total. The normalized spacial score (nSPS) is 13.3. The van der Waals surface area contributed by atoms with Gasteiger partial charge in [-0.25, -0.2) is 4.68 Å². The highest BCUT2D eigenvalue weighted by atomic mass is 16.6. The molecule has 27 heavy (non-hydrogen) atoms. The van der Waals surface area contributed by atoms with Crippen molar-refractivity contribution in [3.8, 4) is 5.69 Å². The highest BCUT2D eigenvalue weighted by Gasteiger charge is 2.30. The third-order valence-corrected chi connectivity index (χ3v) is 4.73. The fraction of sp³-hybridized carbons (Fsp3) is 0.389. The number of benzene rings is 1. The number of aryl methyl sites for hydroxylation is 1. The second-order valence-corrected chi connectivity index (χ2v) is 6.89. The van der Waals surface area contributed by atoms with Crippen LogP contribution in [0.4, 0.5) is 5.69 Å². The molecule has 0 aliphatic carbocycles. The Balaban J connectivity index is 2.56. The minimum atomic E-state index is -0.723. The maximum atomic E-state index is 12.7. The molecule has 1 amide bonds. The molecule has 1 aromatic carbocycles. The number of nitro benzene ring substituents is 1. The van der Waals surface area contributed by atoms with Crippen molar-refractivity contribution in [3.63, 3.8) is 0 Å². The van der Waals surface area contributed by atoms with E-state index < -0.39 is 21.8 Å². The lowest BCUT2D eigenvalue weighted by Gasteiger charge is -2.33. The number of nitrogens with zero attached hydrogens (tertiary/aromatic N) is 3. The Hall–Kier alpha value is -3.07. The molecule has 0 aliphatic heterocycles. The van der Waals surface area contributed by atoms with Gasteiger partial charge in [-0.1, -0.05) is 26.0 Å². The number of rotatable bonds is 6. The van der Waals surface area contributed by atoms with Crippen LogP contribution in [0.2, 0.25) is 0 Å². The summed E-state index contributed by atoms with van der Waals surface area (Å²) in [6, 6.07) is 7.21. The Labute approximate surface area is 156 Å². The number of aromatic nitrogens is 2. The first-order valence-electron chi connectivity index (χ1n) is 8.48. The van der Waals surface area contributed by atoms with Gasteiger partial charge in [0.2, 0.25) is 5.43 Å². The highest BCUT2D eigenvalue weighted by Crippen LogP contribution is 2.22. The maximum Gasteiger partial charge on any atom is 0.294 e. The van der Waals surface area contributed by atoms with Crippen molar-refractivity contribution in [3.05, 3.63) is 62.1 Å². The summed E-state index contributed by atoms with van der Waals surface area (Å²) < 4.78 is 1.23. The molecular weight excluding hydrogens is 350 g/mol. The second kappa shape index (κ2) is 7.67. The predicted octanol–water partition coefficient (Wildman–Crippen LogP) is 1.55. The van der Waals surface area contributed by atoms with Crippen LogP contribution in [0.15, 0.2) is 35.1 Å². The third-order valence-electron chi connectivity index (χ3n) is 4.73. The van der Waals surface area contributed by atoms with E-state index in [0.717, 1.165) is 0 Å². The first-order valence-corrected chi connectivity index (χ1v) is 8.48. The van der Waals surface area contributed by atoms with Gasteiger partial charge >= 0.3 is 0 Å². The lowest BCUT2D eigenvalue weighted by Crippen LogP contribution is -2.55. The summed E-state index contributed by atoms with van der Waals surface area (Å²) in [7, 11) is 0. The number of carbonyl (C=O) groups excluding carboxylic acids is 1. The Bertz CT molecular complexity index is 938. The van der Waals surface area contributed by atoms with Crippen LogP contribution in [0, 0.1) is 23.0 Å². The van der Waals surface area contributed by atoms with Gasteiger partial charge in [-0.2, -0.15) is 5.10 Å².